The molecule has 140 valence electrons. The van der Waals surface area contributed by atoms with Crippen LogP contribution < -0.4 is 0 Å². The van der Waals surface area contributed by atoms with E-state index >= 15 is 0 Å². The molecule has 0 spiro atoms. The fourth-order valence-corrected chi connectivity index (χ4v) is 2.39. The molecule has 0 aliphatic rings. The molecule has 0 unspecified atom stereocenters. The lowest BCUT2D eigenvalue weighted by molar-refractivity contribution is -0.140. The van der Waals surface area contributed by atoms with Crippen molar-refractivity contribution >= 4 is 5.97 Å². The van der Waals surface area contributed by atoms with Crippen LogP contribution >= 0.6 is 0 Å². The molecular formula is C21H44O2. The molecule has 0 saturated heterocycles. The molecule has 0 amide bonds. The van der Waals surface area contributed by atoms with Crippen molar-refractivity contribution in [1.82, 2.24) is 0 Å². The number of hydrogen-bond donors (Lipinski definition) is 1. The third-order valence-electron chi connectivity index (χ3n) is 4.13. The van der Waals surface area contributed by atoms with Crippen molar-refractivity contribution in [2.24, 2.45) is 11.8 Å². The highest BCUT2D eigenvalue weighted by Gasteiger charge is 1.99. The number of carboxylic acid groups (broad SMARTS) is 1. The van der Waals surface area contributed by atoms with Gasteiger partial charge in [-0.25, -0.2) is 0 Å². The number of carboxylic acids is 1. The first-order valence-electron chi connectivity index (χ1n) is 10.1. The van der Waals surface area contributed by atoms with Crippen molar-refractivity contribution in [3.8, 4) is 0 Å². The Morgan fingerprint density at radius 2 is 1.00 bits per heavy atom. The molecule has 0 fully saturated rings. The first-order valence-corrected chi connectivity index (χ1v) is 10.1. The highest BCUT2D eigenvalue weighted by atomic mass is 16.4. The largest absolute Gasteiger partial charge is 0.481 e. The summed E-state index contributed by atoms with van der Waals surface area (Å²) >= 11 is 0. The average Bonchev–Trinajstić information content (AvgIpc) is 2.48. The summed E-state index contributed by atoms with van der Waals surface area (Å²) in [4.78, 5) is 9.70. The molecule has 0 heterocycles. The van der Waals surface area contributed by atoms with Crippen molar-refractivity contribution < 1.29 is 9.90 Å². The van der Waals surface area contributed by atoms with Gasteiger partial charge in [0.15, 0.2) is 0 Å². The van der Waals surface area contributed by atoms with Gasteiger partial charge in [0.1, 0.15) is 0 Å². The molecule has 0 rings (SSSR count). The van der Waals surface area contributed by atoms with Crippen LogP contribution in [0.25, 0.3) is 0 Å². The quantitative estimate of drug-likeness (QED) is 0.336. The van der Waals surface area contributed by atoms with Crippen molar-refractivity contribution in [2.45, 2.75) is 118 Å². The molecule has 0 aliphatic carbocycles. The normalized spacial score (nSPS) is 10.7. The van der Waals surface area contributed by atoms with E-state index in [-0.39, 0.29) is 5.92 Å². The van der Waals surface area contributed by atoms with E-state index in [9.17, 15) is 4.79 Å². The molecule has 0 bridgehead atoms. The summed E-state index contributed by atoms with van der Waals surface area (Å²) in [6, 6.07) is 0. The summed E-state index contributed by atoms with van der Waals surface area (Å²) in [5.41, 5.74) is 0. The predicted molar refractivity (Wildman–Crippen MR) is 103 cm³/mol. The lowest BCUT2D eigenvalue weighted by Crippen LogP contribution is -2.03. The van der Waals surface area contributed by atoms with E-state index in [1.165, 1.54) is 83.5 Å². The maximum absolute atomic E-state index is 9.70. The maximum atomic E-state index is 9.70. The number of hydrogen-bond acceptors (Lipinski definition) is 1. The van der Waals surface area contributed by atoms with Gasteiger partial charge in [-0.2, -0.15) is 0 Å². The highest BCUT2D eigenvalue weighted by molar-refractivity contribution is 5.68. The molecule has 0 aliphatic heterocycles. The Bertz CT molecular complexity index is 234. The molecule has 1 N–H and O–H groups in total. The number of rotatable bonds is 14. The van der Waals surface area contributed by atoms with Crippen molar-refractivity contribution in [2.75, 3.05) is 0 Å². The van der Waals surface area contributed by atoms with Crippen LogP contribution in [0.2, 0.25) is 0 Å². The Labute approximate surface area is 146 Å². The minimum Gasteiger partial charge on any atom is -0.481 e. The van der Waals surface area contributed by atoms with Gasteiger partial charge in [0.25, 0.3) is 0 Å². The molecule has 2 nitrogen and oxygen atoms in total. The van der Waals surface area contributed by atoms with Gasteiger partial charge in [-0.15, -0.1) is 0 Å². The van der Waals surface area contributed by atoms with Gasteiger partial charge < -0.3 is 5.11 Å². The van der Waals surface area contributed by atoms with Crippen LogP contribution in [0.4, 0.5) is 0 Å². The minimum atomic E-state index is -0.741. The van der Waals surface area contributed by atoms with E-state index < -0.39 is 5.97 Å². The fourth-order valence-electron chi connectivity index (χ4n) is 2.39. The van der Waals surface area contributed by atoms with Gasteiger partial charge in [0.05, 0.1) is 5.92 Å². The van der Waals surface area contributed by atoms with Crippen LogP contribution in [0, 0.1) is 11.8 Å². The Morgan fingerprint density at radius 3 is 1.26 bits per heavy atom. The first-order chi connectivity index (χ1) is 10.9. The van der Waals surface area contributed by atoms with Gasteiger partial charge in [-0.1, -0.05) is 118 Å². The summed E-state index contributed by atoms with van der Waals surface area (Å²) in [6.45, 7) is 10.2. The van der Waals surface area contributed by atoms with Crippen LogP contribution in [-0.4, -0.2) is 11.1 Å². The van der Waals surface area contributed by atoms with E-state index in [4.69, 9.17) is 5.11 Å². The maximum Gasteiger partial charge on any atom is 0.305 e. The zero-order valence-corrected chi connectivity index (χ0v) is 16.7. The van der Waals surface area contributed by atoms with Gasteiger partial charge in [0, 0.05) is 0 Å². The predicted octanol–water partition coefficient (Wildman–Crippen LogP) is 7.46. The SMILES string of the molecule is CC(C)C(=O)O.CCCCCCCCCCCCCCC(C)C. The number of unbranched alkanes of at least 4 members (excludes halogenated alkanes) is 11. The third kappa shape index (κ3) is 26.7. The van der Waals surface area contributed by atoms with Crippen LogP contribution in [-0.2, 0) is 4.79 Å². The van der Waals surface area contributed by atoms with Crippen molar-refractivity contribution in [1.29, 1.82) is 0 Å². The number of aliphatic carboxylic acids is 1. The lowest BCUT2D eigenvalue weighted by Gasteiger charge is -2.04. The molecule has 0 radical (unpaired) electrons. The molecular weight excluding hydrogens is 284 g/mol. The van der Waals surface area contributed by atoms with Crippen LogP contribution in [0.1, 0.15) is 118 Å². The molecule has 23 heavy (non-hydrogen) atoms. The lowest BCUT2D eigenvalue weighted by atomic mass is 10.0. The zero-order valence-electron chi connectivity index (χ0n) is 16.7. The molecule has 0 saturated carbocycles. The monoisotopic (exact) mass is 328 g/mol. The summed E-state index contributed by atoms with van der Waals surface area (Å²) < 4.78 is 0. The molecule has 2 heteroatoms. The van der Waals surface area contributed by atoms with Crippen molar-refractivity contribution in [3.63, 3.8) is 0 Å². The van der Waals surface area contributed by atoms with Gasteiger partial charge >= 0.3 is 5.97 Å². The third-order valence-corrected chi connectivity index (χ3v) is 4.13. The van der Waals surface area contributed by atoms with Gasteiger partial charge in [-0.3, -0.25) is 4.79 Å². The molecule has 0 aromatic rings. The second-order valence-corrected chi connectivity index (χ2v) is 7.56. The van der Waals surface area contributed by atoms with E-state index in [0.717, 1.165) is 5.92 Å². The number of carbonyl (C=O) groups is 1. The Balaban J connectivity index is 0. The van der Waals surface area contributed by atoms with Crippen molar-refractivity contribution in [3.05, 3.63) is 0 Å². The molecule has 0 atom stereocenters. The summed E-state index contributed by atoms with van der Waals surface area (Å²) in [5, 5.41) is 7.99. The standard InChI is InChI=1S/C17H36.C4H8O2/c1-4-5-6-7-8-9-10-11-12-13-14-15-16-17(2)3;1-3(2)4(5)6/h17H,4-16H2,1-3H3;3H,1-2H3,(H,5,6). The summed E-state index contributed by atoms with van der Waals surface area (Å²) in [5.74, 6) is -0.0712. The smallest absolute Gasteiger partial charge is 0.305 e. The minimum absolute atomic E-state index is 0.231. The van der Waals surface area contributed by atoms with Gasteiger partial charge in [0.2, 0.25) is 0 Å². The Hall–Kier alpha value is -0.530. The summed E-state index contributed by atoms with van der Waals surface area (Å²) in [6.07, 6.45) is 19.0. The summed E-state index contributed by atoms with van der Waals surface area (Å²) in [7, 11) is 0. The second kappa shape index (κ2) is 19.5. The van der Waals surface area contributed by atoms with Crippen LogP contribution in [0.5, 0.6) is 0 Å². The second-order valence-electron chi connectivity index (χ2n) is 7.56. The highest BCUT2D eigenvalue weighted by Crippen LogP contribution is 2.13. The van der Waals surface area contributed by atoms with E-state index in [1.807, 2.05) is 0 Å². The molecule has 0 aromatic carbocycles. The van der Waals surface area contributed by atoms with E-state index in [0.29, 0.717) is 0 Å². The first kappa shape index (κ1) is 24.7. The molecule has 0 aromatic heterocycles. The van der Waals surface area contributed by atoms with Crippen LogP contribution in [0.15, 0.2) is 0 Å². The Kier molecular flexibility index (Phi) is 21.0. The van der Waals surface area contributed by atoms with E-state index in [1.54, 1.807) is 13.8 Å². The topological polar surface area (TPSA) is 37.3 Å². The van der Waals surface area contributed by atoms with E-state index in [2.05, 4.69) is 20.8 Å². The van der Waals surface area contributed by atoms with Gasteiger partial charge in [-0.05, 0) is 5.92 Å². The fraction of sp³-hybridized carbons (Fsp3) is 0.952. The van der Waals surface area contributed by atoms with Crippen LogP contribution in [0.3, 0.4) is 0 Å². The Morgan fingerprint density at radius 1 is 0.696 bits per heavy atom. The zero-order chi connectivity index (χ0) is 17.9. The average molecular weight is 329 g/mol.